The average Bonchev–Trinajstić information content (AvgIpc) is 2.94. The summed E-state index contributed by atoms with van der Waals surface area (Å²) in [4.78, 5) is 16.6. The summed E-state index contributed by atoms with van der Waals surface area (Å²) in [5.41, 5.74) is 2.16. The third-order valence-corrected chi connectivity index (χ3v) is 8.62. The Bertz CT molecular complexity index is 1460. The number of aliphatic hydroxyl groups excluding tert-OH is 1. The van der Waals surface area contributed by atoms with Crippen LogP contribution in [0, 0.1) is 0 Å². The molecule has 0 saturated heterocycles. The molecule has 1 aliphatic heterocycles. The van der Waals surface area contributed by atoms with E-state index in [9.17, 15) is 9.90 Å². The normalized spacial score (nSPS) is 17.6. The van der Waals surface area contributed by atoms with Crippen LogP contribution in [0.5, 0.6) is 11.5 Å². The molecule has 0 radical (unpaired) electrons. The largest absolute Gasteiger partial charge is 0.492 e. The number of halogens is 1. The SMILES string of the molecule is COc1c(CN(C(=O)c2ccccc2)c2cccc(Br)c2)ccc2c1OC(C)(C)[C@H](O)[C@H]2Sc1ccccc1. The number of hydrogen-bond acceptors (Lipinski definition) is 5. The molecule has 5 nitrogen and oxygen atoms in total. The number of rotatable bonds is 7. The lowest BCUT2D eigenvalue weighted by Gasteiger charge is -2.42. The lowest BCUT2D eigenvalue weighted by atomic mass is 9.89. The first kappa shape index (κ1) is 27.3. The van der Waals surface area contributed by atoms with Gasteiger partial charge in [0.25, 0.3) is 5.91 Å². The van der Waals surface area contributed by atoms with Gasteiger partial charge < -0.3 is 19.5 Å². The van der Waals surface area contributed by atoms with E-state index < -0.39 is 11.7 Å². The number of hydrogen-bond donors (Lipinski definition) is 1. The van der Waals surface area contributed by atoms with Crippen LogP contribution in [0.15, 0.2) is 106 Å². The van der Waals surface area contributed by atoms with Gasteiger partial charge in [0.2, 0.25) is 0 Å². The Morgan fingerprint density at radius 1 is 1.00 bits per heavy atom. The van der Waals surface area contributed by atoms with Crippen LogP contribution in [0.3, 0.4) is 0 Å². The van der Waals surface area contributed by atoms with Crippen molar-refractivity contribution >= 4 is 39.3 Å². The van der Waals surface area contributed by atoms with Crippen LogP contribution in [0.2, 0.25) is 0 Å². The van der Waals surface area contributed by atoms with Gasteiger partial charge in [-0.05, 0) is 56.3 Å². The third-order valence-electron chi connectivity index (χ3n) is 6.82. The second-order valence-corrected chi connectivity index (χ2v) is 12.0. The van der Waals surface area contributed by atoms with Gasteiger partial charge in [-0.2, -0.15) is 0 Å². The number of amides is 1. The summed E-state index contributed by atoms with van der Waals surface area (Å²) in [5.74, 6) is 1.04. The monoisotopic (exact) mass is 603 g/mol. The highest BCUT2D eigenvalue weighted by Crippen LogP contribution is 2.53. The van der Waals surface area contributed by atoms with Crippen molar-refractivity contribution in [1.29, 1.82) is 0 Å². The maximum atomic E-state index is 13.8. The van der Waals surface area contributed by atoms with E-state index in [0.29, 0.717) is 17.1 Å². The van der Waals surface area contributed by atoms with E-state index >= 15 is 0 Å². The Morgan fingerprint density at radius 2 is 1.69 bits per heavy atom. The van der Waals surface area contributed by atoms with Crippen LogP contribution < -0.4 is 14.4 Å². The molecule has 7 heteroatoms. The van der Waals surface area contributed by atoms with Gasteiger partial charge in [0.15, 0.2) is 11.5 Å². The highest BCUT2D eigenvalue weighted by Gasteiger charge is 2.45. The van der Waals surface area contributed by atoms with Gasteiger partial charge in [0, 0.05) is 31.7 Å². The van der Waals surface area contributed by atoms with Crippen LogP contribution in [0.4, 0.5) is 5.69 Å². The van der Waals surface area contributed by atoms with Crippen LogP contribution in [0.1, 0.15) is 40.6 Å². The number of ether oxygens (including phenoxy) is 2. The zero-order chi connectivity index (χ0) is 27.6. The molecule has 200 valence electrons. The summed E-state index contributed by atoms with van der Waals surface area (Å²) in [7, 11) is 1.61. The number of benzene rings is 4. The summed E-state index contributed by atoms with van der Waals surface area (Å²) < 4.78 is 13.2. The van der Waals surface area contributed by atoms with Gasteiger partial charge in [0.05, 0.1) is 18.9 Å². The zero-order valence-corrected chi connectivity index (χ0v) is 24.4. The molecule has 0 aliphatic carbocycles. The van der Waals surface area contributed by atoms with Crippen molar-refractivity contribution in [3.63, 3.8) is 0 Å². The lowest BCUT2D eigenvalue weighted by molar-refractivity contribution is -0.0444. The standard InChI is InChI=1S/C32H30BrNO4S/c1-32(2)30(35)29(39-25-15-8-5-9-16-25)26-18-17-22(27(37-3)28(26)38-32)20-34(24-14-10-13-23(33)19-24)31(36)21-11-6-4-7-12-21/h4-19,29-30,35H,20H2,1-3H3/t29-,30+/m0/s1. The Labute approximate surface area is 241 Å². The van der Waals surface area contributed by atoms with E-state index in [4.69, 9.17) is 9.47 Å². The van der Waals surface area contributed by atoms with E-state index in [1.165, 1.54) is 0 Å². The van der Waals surface area contributed by atoms with Crippen molar-refractivity contribution in [2.24, 2.45) is 0 Å². The summed E-state index contributed by atoms with van der Waals surface area (Å²) in [6.07, 6.45) is -0.747. The quantitative estimate of drug-likeness (QED) is 0.235. The molecule has 0 unspecified atom stereocenters. The zero-order valence-electron chi connectivity index (χ0n) is 22.0. The van der Waals surface area contributed by atoms with Crippen LogP contribution in [-0.4, -0.2) is 29.8 Å². The molecule has 5 rings (SSSR count). The second kappa shape index (κ2) is 11.5. The van der Waals surface area contributed by atoms with Crippen molar-refractivity contribution in [3.05, 3.63) is 118 Å². The molecule has 4 aromatic carbocycles. The van der Waals surface area contributed by atoms with Gasteiger partial charge in [-0.15, -0.1) is 11.8 Å². The Kier molecular flexibility index (Phi) is 8.03. The molecule has 39 heavy (non-hydrogen) atoms. The topological polar surface area (TPSA) is 59.0 Å². The minimum atomic E-state index is -0.852. The Balaban J connectivity index is 1.57. The number of aliphatic hydroxyl groups is 1. The van der Waals surface area contributed by atoms with Crippen molar-refractivity contribution in [3.8, 4) is 11.5 Å². The van der Waals surface area contributed by atoms with E-state index in [-0.39, 0.29) is 17.7 Å². The summed E-state index contributed by atoms with van der Waals surface area (Å²) in [5, 5.41) is 11.0. The third kappa shape index (κ3) is 5.71. The van der Waals surface area contributed by atoms with Crippen molar-refractivity contribution in [2.75, 3.05) is 12.0 Å². The molecule has 0 aromatic heterocycles. The van der Waals surface area contributed by atoms with E-state index in [1.807, 2.05) is 111 Å². The lowest BCUT2D eigenvalue weighted by Crippen LogP contribution is -2.48. The van der Waals surface area contributed by atoms with E-state index in [2.05, 4.69) is 15.9 Å². The highest BCUT2D eigenvalue weighted by molar-refractivity contribution is 9.10. The first-order valence-electron chi connectivity index (χ1n) is 12.7. The number of fused-ring (bicyclic) bond motifs is 1. The smallest absolute Gasteiger partial charge is 0.258 e. The molecule has 2 atom stereocenters. The summed E-state index contributed by atoms with van der Waals surface area (Å²) in [6, 6.07) is 30.9. The molecule has 0 bridgehead atoms. The maximum Gasteiger partial charge on any atom is 0.258 e. The average molecular weight is 605 g/mol. The maximum absolute atomic E-state index is 13.8. The fourth-order valence-corrected chi connectivity index (χ4v) is 6.52. The molecule has 4 aromatic rings. The van der Waals surface area contributed by atoms with Gasteiger partial charge in [-0.1, -0.05) is 70.5 Å². The fraction of sp³-hybridized carbons (Fsp3) is 0.219. The number of carbonyl (C=O) groups excluding carboxylic acids is 1. The number of anilines is 1. The molecular weight excluding hydrogens is 574 g/mol. The predicted molar refractivity (Wildman–Crippen MR) is 160 cm³/mol. The summed E-state index contributed by atoms with van der Waals surface area (Å²) in [6.45, 7) is 4.04. The fourth-order valence-electron chi connectivity index (χ4n) is 4.76. The van der Waals surface area contributed by atoms with Gasteiger partial charge in [0.1, 0.15) is 11.7 Å². The molecule has 1 amide bonds. The number of thioether (sulfide) groups is 1. The minimum Gasteiger partial charge on any atom is -0.492 e. The van der Waals surface area contributed by atoms with Crippen molar-refractivity contribution < 1.29 is 19.4 Å². The van der Waals surface area contributed by atoms with Crippen molar-refractivity contribution in [2.45, 2.75) is 42.2 Å². The molecule has 1 heterocycles. The molecule has 1 aliphatic rings. The Hall–Kier alpha value is -3.26. The molecule has 0 spiro atoms. The Morgan fingerprint density at radius 3 is 2.36 bits per heavy atom. The van der Waals surface area contributed by atoms with E-state index in [1.54, 1.807) is 23.8 Å². The van der Waals surface area contributed by atoms with Gasteiger partial charge in [-0.25, -0.2) is 0 Å². The van der Waals surface area contributed by atoms with Crippen LogP contribution >= 0.6 is 27.7 Å². The van der Waals surface area contributed by atoms with E-state index in [0.717, 1.165) is 26.2 Å². The molecular formula is C32H30BrNO4S. The van der Waals surface area contributed by atoms with Gasteiger partial charge >= 0.3 is 0 Å². The number of nitrogens with zero attached hydrogens (tertiary/aromatic N) is 1. The van der Waals surface area contributed by atoms with Crippen molar-refractivity contribution in [1.82, 2.24) is 0 Å². The summed E-state index contributed by atoms with van der Waals surface area (Å²) >= 11 is 5.14. The van der Waals surface area contributed by atoms with Crippen LogP contribution in [0.25, 0.3) is 0 Å². The van der Waals surface area contributed by atoms with Crippen LogP contribution in [-0.2, 0) is 6.54 Å². The molecule has 1 N–H and O–H groups in total. The van der Waals surface area contributed by atoms with Gasteiger partial charge in [-0.3, -0.25) is 4.79 Å². The highest BCUT2D eigenvalue weighted by atomic mass is 79.9. The first-order chi connectivity index (χ1) is 18.8. The molecule has 0 saturated carbocycles. The minimum absolute atomic E-state index is 0.123. The first-order valence-corrected chi connectivity index (χ1v) is 14.4. The number of methoxy groups -OCH3 is 1. The predicted octanol–water partition coefficient (Wildman–Crippen LogP) is 7.67. The number of carbonyl (C=O) groups is 1. The molecule has 0 fully saturated rings. The second-order valence-electron chi connectivity index (χ2n) is 9.92.